The van der Waals surface area contributed by atoms with E-state index in [-0.39, 0.29) is 12.1 Å². The SMILES string of the molecule is Cc1ccnc(Nc2nc3c(s2)CC(C)(C)C(F)(F)c2[nH]ncc2-3)n1. The fraction of sp³-hybridized carbons (Fsp3) is 0.375. The minimum atomic E-state index is -3.02. The second-order valence-corrected chi connectivity index (χ2v) is 7.81. The summed E-state index contributed by atoms with van der Waals surface area (Å²) in [5.74, 6) is -2.59. The van der Waals surface area contributed by atoms with Crippen molar-refractivity contribution in [3.63, 3.8) is 0 Å². The fourth-order valence-corrected chi connectivity index (χ4v) is 4.09. The zero-order valence-electron chi connectivity index (χ0n) is 13.9. The van der Waals surface area contributed by atoms with E-state index in [1.54, 1.807) is 26.1 Å². The predicted molar refractivity (Wildman–Crippen MR) is 91.1 cm³/mol. The molecule has 6 nitrogen and oxygen atoms in total. The third-order valence-electron chi connectivity index (χ3n) is 4.37. The number of thiazole rings is 1. The van der Waals surface area contributed by atoms with Crippen LogP contribution in [0.4, 0.5) is 19.9 Å². The minimum absolute atomic E-state index is 0.181. The number of rotatable bonds is 2. The summed E-state index contributed by atoms with van der Waals surface area (Å²) >= 11 is 1.34. The van der Waals surface area contributed by atoms with Gasteiger partial charge in [-0.2, -0.15) is 13.9 Å². The van der Waals surface area contributed by atoms with Gasteiger partial charge in [0.05, 0.1) is 11.9 Å². The van der Waals surface area contributed by atoms with Gasteiger partial charge in [0.2, 0.25) is 5.95 Å². The number of hydrogen-bond acceptors (Lipinski definition) is 6. The van der Waals surface area contributed by atoms with Crippen LogP contribution in [0.2, 0.25) is 0 Å². The number of nitrogens with one attached hydrogen (secondary N) is 2. The highest BCUT2D eigenvalue weighted by Crippen LogP contribution is 2.53. The molecule has 0 unspecified atom stereocenters. The molecule has 0 saturated heterocycles. The van der Waals surface area contributed by atoms with Crippen molar-refractivity contribution >= 4 is 22.4 Å². The second-order valence-electron chi connectivity index (χ2n) is 6.73. The van der Waals surface area contributed by atoms with E-state index >= 15 is 0 Å². The van der Waals surface area contributed by atoms with Gasteiger partial charge in [-0.3, -0.25) is 5.10 Å². The first-order valence-corrected chi connectivity index (χ1v) is 8.58. The molecular weight excluding hydrogens is 346 g/mol. The van der Waals surface area contributed by atoms with Crippen molar-refractivity contribution in [2.75, 3.05) is 5.32 Å². The van der Waals surface area contributed by atoms with E-state index in [1.165, 1.54) is 17.5 Å². The minimum Gasteiger partial charge on any atom is -0.300 e. The number of anilines is 2. The molecule has 3 aromatic heterocycles. The third-order valence-corrected chi connectivity index (χ3v) is 5.34. The highest BCUT2D eigenvalue weighted by Gasteiger charge is 2.53. The van der Waals surface area contributed by atoms with Crippen LogP contribution in [0, 0.1) is 12.3 Å². The number of halogens is 2. The van der Waals surface area contributed by atoms with Crippen molar-refractivity contribution in [1.29, 1.82) is 0 Å². The molecule has 130 valence electrons. The molecule has 1 aliphatic carbocycles. The van der Waals surface area contributed by atoms with Crippen molar-refractivity contribution in [2.45, 2.75) is 33.1 Å². The Morgan fingerprint density at radius 1 is 1.28 bits per heavy atom. The number of aryl methyl sites for hydroxylation is 1. The number of H-pyrrole nitrogens is 1. The Balaban J connectivity index is 1.79. The first kappa shape index (κ1) is 16.1. The fourth-order valence-electron chi connectivity index (χ4n) is 2.90. The molecule has 1 aliphatic rings. The lowest BCUT2D eigenvalue weighted by molar-refractivity contribution is -0.115. The van der Waals surface area contributed by atoms with Crippen molar-refractivity contribution in [2.24, 2.45) is 5.41 Å². The molecule has 3 aromatic rings. The van der Waals surface area contributed by atoms with E-state index in [0.717, 1.165) is 10.6 Å². The van der Waals surface area contributed by atoms with Gasteiger partial charge in [-0.1, -0.05) is 13.8 Å². The lowest BCUT2D eigenvalue weighted by Gasteiger charge is -2.31. The molecule has 0 atom stereocenters. The maximum Gasteiger partial charge on any atom is 0.295 e. The molecule has 3 heterocycles. The van der Waals surface area contributed by atoms with E-state index in [2.05, 4.69) is 30.5 Å². The first-order valence-electron chi connectivity index (χ1n) is 7.76. The molecule has 0 saturated carbocycles. The molecule has 2 N–H and O–H groups in total. The zero-order valence-corrected chi connectivity index (χ0v) is 14.7. The molecular formula is C16H16F2N6S. The number of alkyl halides is 2. The quantitative estimate of drug-likeness (QED) is 0.719. The van der Waals surface area contributed by atoms with E-state index in [1.807, 2.05) is 6.92 Å². The Hall–Kier alpha value is -2.42. The monoisotopic (exact) mass is 362 g/mol. The highest BCUT2D eigenvalue weighted by atomic mass is 32.1. The maximum atomic E-state index is 14.9. The van der Waals surface area contributed by atoms with Gasteiger partial charge in [-0.15, -0.1) is 11.3 Å². The molecule has 0 aromatic carbocycles. The van der Waals surface area contributed by atoms with Gasteiger partial charge < -0.3 is 5.32 Å². The van der Waals surface area contributed by atoms with Gasteiger partial charge in [0, 0.05) is 27.7 Å². The molecule has 9 heteroatoms. The van der Waals surface area contributed by atoms with Crippen molar-refractivity contribution in [3.8, 4) is 11.3 Å². The third kappa shape index (κ3) is 2.50. The van der Waals surface area contributed by atoms with Crippen LogP contribution in [0.1, 0.15) is 30.1 Å². The van der Waals surface area contributed by atoms with E-state index < -0.39 is 11.3 Å². The first-order chi connectivity index (χ1) is 11.8. The second kappa shape index (κ2) is 5.29. The summed E-state index contributed by atoms with van der Waals surface area (Å²) in [7, 11) is 0. The van der Waals surface area contributed by atoms with Gasteiger partial charge in [0.25, 0.3) is 5.92 Å². The predicted octanol–water partition coefficient (Wildman–Crippen LogP) is 4.05. The van der Waals surface area contributed by atoms with Crippen LogP contribution in [0.15, 0.2) is 18.5 Å². The van der Waals surface area contributed by atoms with Gasteiger partial charge in [0.15, 0.2) is 5.13 Å². The lowest BCUT2D eigenvalue weighted by Crippen LogP contribution is -2.35. The molecule has 0 radical (unpaired) electrons. The zero-order chi connectivity index (χ0) is 17.8. The summed E-state index contributed by atoms with van der Waals surface area (Å²) in [6.07, 6.45) is 3.28. The molecule has 0 bridgehead atoms. The number of aromatic nitrogens is 5. The Kier molecular flexibility index (Phi) is 3.40. The van der Waals surface area contributed by atoms with Crippen LogP contribution >= 0.6 is 11.3 Å². The molecule has 25 heavy (non-hydrogen) atoms. The Morgan fingerprint density at radius 3 is 2.84 bits per heavy atom. The Labute approximate surface area is 146 Å². The Bertz CT molecular complexity index is 946. The van der Waals surface area contributed by atoms with Gasteiger partial charge in [-0.25, -0.2) is 15.0 Å². The van der Waals surface area contributed by atoms with Crippen LogP contribution in [0.5, 0.6) is 0 Å². The highest BCUT2D eigenvalue weighted by molar-refractivity contribution is 7.16. The number of nitrogens with zero attached hydrogens (tertiary/aromatic N) is 4. The summed E-state index contributed by atoms with van der Waals surface area (Å²) in [6, 6.07) is 1.80. The van der Waals surface area contributed by atoms with E-state index in [4.69, 9.17) is 0 Å². The average Bonchev–Trinajstić information content (AvgIpc) is 3.12. The smallest absolute Gasteiger partial charge is 0.295 e. The summed E-state index contributed by atoms with van der Waals surface area (Å²) in [6.45, 7) is 4.98. The summed E-state index contributed by atoms with van der Waals surface area (Å²) < 4.78 is 29.7. The number of aromatic amines is 1. The normalized spacial score (nSPS) is 17.5. The van der Waals surface area contributed by atoms with Gasteiger partial charge >= 0.3 is 0 Å². The lowest BCUT2D eigenvalue weighted by atomic mass is 9.81. The molecule has 0 amide bonds. The number of hydrogen-bond donors (Lipinski definition) is 2. The van der Waals surface area contributed by atoms with Crippen LogP contribution in [0.25, 0.3) is 11.3 Å². The topological polar surface area (TPSA) is 79.4 Å². The molecule has 0 spiro atoms. The van der Waals surface area contributed by atoms with Gasteiger partial charge in [-0.05, 0) is 19.4 Å². The van der Waals surface area contributed by atoms with Crippen LogP contribution in [-0.2, 0) is 12.3 Å². The molecule has 0 aliphatic heterocycles. The van der Waals surface area contributed by atoms with E-state index in [0.29, 0.717) is 22.3 Å². The van der Waals surface area contributed by atoms with Crippen LogP contribution in [-0.4, -0.2) is 25.1 Å². The summed E-state index contributed by atoms with van der Waals surface area (Å²) in [4.78, 5) is 13.7. The molecule has 0 fully saturated rings. The standard InChI is InChI=1S/C16H16F2N6S/c1-8-4-5-19-13(21-8)23-14-22-11-9-7-20-24-12(9)16(17,18)15(2,3)6-10(11)25-14/h4-5,7H,6H2,1-3H3,(H,20,24)(H,19,21,22,23). The van der Waals surface area contributed by atoms with Crippen LogP contribution in [0.3, 0.4) is 0 Å². The van der Waals surface area contributed by atoms with Crippen molar-refractivity contribution in [1.82, 2.24) is 25.1 Å². The van der Waals surface area contributed by atoms with Gasteiger partial charge in [0.1, 0.15) is 5.69 Å². The Morgan fingerprint density at radius 2 is 2.08 bits per heavy atom. The maximum absolute atomic E-state index is 14.9. The largest absolute Gasteiger partial charge is 0.300 e. The van der Waals surface area contributed by atoms with Crippen molar-refractivity contribution in [3.05, 3.63) is 34.7 Å². The summed E-state index contributed by atoms with van der Waals surface area (Å²) in [5.41, 5.74) is 0.269. The van der Waals surface area contributed by atoms with E-state index in [9.17, 15) is 8.78 Å². The number of fused-ring (bicyclic) bond motifs is 3. The average molecular weight is 362 g/mol. The van der Waals surface area contributed by atoms with Crippen LogP contribution < -0.4 is 5.32 Å². The molecule has 4 rings (SSSR count). The van der Waals surface area contributed by atoms with Crippen molar-refractivity contribution < 1.29 is 8.78 Å². The summed E-state index contributed by atoms with van der Waals surface area (Å²) in [5, 5.41) is 9.93.